The zero-order chi connectivity index (χ0) is 16.5. The molecule has 0 saturated heterocycles. The van der Waals surface area contributed by atoms with E-state index in [1.54, 1.807) is 0 Å². The van der Waals surface area contributed by atoms with Gasteiger partial charge in [-0.2, -0.15) is 0 Å². The van der Waals surface area contributed by atoms with E-state index in [2.05, 4.69) is 12.1 Å². The Labute approximate surface area is 141 Å². The SMILES string of the molecule is CCOC(=O)[C@@H]1[C@H](c2ccccc2)[C@H]1c1ccc2c(c1)OCCO2. The van der Waals surface area contributed by atoms with Gasteiger partial charge in [-0.15, -0.1) is 0 Å². The number of esters is 1. The highest BCUT2D eigenvalue weighted by molar-refractivity contribution is 5.80. The van der Waals surface area contributed by atoms with Gasteiger partial charge >= 0.3 is 5.97 Å². The molecule has 1 aliphatic carbocycles. The molecular formula is C20H20O4. The molecule has 1 heterocycles. The first-order chi connectivity index (χ1) is 11.8. The van der Waals surface area contributed by atoms with Crippen molar-refractivity contribution in [1.82, 2.24) is 0 Å². The topological polar surface area (TPSA) is 44.8 Å². The Morgan fingerprint density at radius 1 is 1.00 bits per heavy atom. The van der Waals surface area contributed by atoms with Gasteiger partial charge in [-0.3, -0.25) is 4.79 Å². The molecule has 3 atom stereocenters. The molecule has 2 aliphatic rings. The van der Waals surface area contributed by atoms with Gasteiger partial charge in [0.15, 0.2) is 11.5 Å². The Kier molecular flexibility index (Phi) is 3.89. The average molecular weight is 324 g/mol. The second-order valence-corrected chi connectivity index (χ2v) is 6.14. The molecule has 1 aliphatic heterocycles. The quantitative estimate of drug-likeness (QED) is 0.807. The summed E-state index contributed by atoms with van der Waals surface area (Å²) in [5.41, 5.74) is 2.28. The summed E-state index contributed by atoms with van der Waals surface area (Å²) in [5, 5.41) is 0. The van der Waals surface area contributed by atoms with Crippen molar-refractivity contribution >= 4 is 5.97 Å². The third-order valence-corrected chi connectivity index (χ3v) is 4.71. The number of rotatable bonds is 4. The minimum atomic E-state index is -0.130. The molecule has 1 saturated carbocycles. The lowest BCUT2D eigenvalue weighted by Crippen LogP contribution is -2.15. The summed E-state index contributed by atoms with van der Waals surface area (Å²) in [6, 6.07) is 16.1. The van der Waals surface area contributed by atoms with E-state index in [0.717, 1.165) is 17.1 Å². The molecule has 4 nitrogen and oxygen atoms in total. The number of hydrogen-bond acceptors (Lipinski definition) is 4. The van der Waals surface area contributed by atoms with E-state index in [4.69, 9.17) is 14.2 Å². The molecule has 0 bridgehead atoms. The molecule has 2 aromatic carbocycles. The maximum absolute atomic E-state index is 12.4. The van der Waals surface area contributed by atoms with Crippen molar-refractivity contribution in [2.45, 2.75) is 18.8 Å². The van der Waals surface area contributed by atoms with Crippen LogP contribution in [0.25, 0.3) is 0 Å². The molecule has 4 heteroatoms. The fourth-order valence-electron chi connectivity index (χ4n) is 3.61. The van der Waals surface area contributed by atoms with E-state index in [1.165, 1.54) is 5.56 Å². The predicted octanol–water partition coefficient (Wildman–Crippen LogP) is 3.52. The van der Waals surface area contributed by atoms with Crippen molar-refractivity contribution in [3.05, 3.63) is 59.7 Å². The van der Waals surface area contributed by atoms with Crippen LogP contribution in [-0.4, -0.2) is 25.8 Å². The lowest BCUT2D eigenvalue weighted by atomic mass is 10.0. The Morgan fingerprint density at radius 3 is 2.46 bits per heavy atom. The Balaban J connectivity index is 1.66. The van der Waals surface area contributed by atoms with Gasteiger partial charge in [0, 0.05) is 11.8 Å². The van der Waals surface area contributed by atoms with Crippen LogP contribution < -0.4 is 9.47 Å². The highest BCUT2D eigenvalue weighted by atomic mass is 16.6. The van der Waals surface area contributed by atoms with Gasteiger partial charge in [0.25, 0.3) is 0 Å². The fourth-order valence-corrected chi connectivity index (χ4v) is 3.61. The van der Waals surface area contributed by atoms with E-state index < -0.39 is 0 Å². The third kappa shape index (κ3) is 2.62. The van der Waals surface area contributed by atoms with Crippen molar-refractivity contribution in [3.63, 3.8) is 0 Å². The Hall–Kier alpha value is -2.49. The molecule has 124 valence electrons. The van der Waals surface area contributed by atoms with Crippen molar-refractivity contribution in [3.8, 4) is 11.5 Å². The van der Waals surface area contributed by atoms with Crippen LogP contribution in [0.15, 0.2) is 48.5 Å². The number of hydrogen-bond donors (Lipinski definition) is 0. The largest absolute Gasteiger partial charge is 0.486 e. The number of ether oxygens (including phenoxy) is 3. The first kappa shape index (κ1) is 15.1. The maximum Gasteiger partial charge on any atom is 0.310 e. The van der Waals surface area contributed by atoms with Crippen molar-refractivity contribution in [1.29, 1.82) is 0 Å². The van der Waals surface area contributed by atoms with Crippen molar-refractivity contribution < 1.29 is 19.0 Å². The second-order valence-electron chi connectivity index (χ2n) is 6.14. The number of carbonyl (C=O) groups is 1. The van der Waals surface area contributed by atoms with Crippen molar-refractivity contribution in [2.75, 3.05) is 19.8 Å². The van der Waals surface area contributed by atoms with E-state index >= 15 is 0 Å². The number of benzene rings is 2. The van der Waals surface area contributed by atoms with Gasteiger partial charge in [0.1, 0.15) is 13.2 Å². The summed E-state index contributed by atoms with van der Waals surface area (Å²) in [6.07, 6.45) is 0. The monoisotopic (exact) mass is 324 g/mol. The van der Waals surface area contributed by atoms with Crippen molar-refractivity contribution in [2.24, 2.45) is 5.92 Å². The molecule has 1 fully saturated rings. The van der Waals surface area contributed by atoms with E-state index in [1.807, 2.05) is 43.3 Å². The van der Waals surface area contributed by atoms with Crippen LogP contribution >= 0.6 is 0 Å². The van der Waals surface area contributed by atoms with Crippen LogP contribution in [0.2, 0.25) is 0 Å². The molecule has 0 unspecified atom stereocenters. The summed E-state index contributed by atoms with van der Waals surface area (Å²) in [5.74, 6) is 1.57. The molecule has 0 radical (unpaired) electrons. The van der Waals surface area contributed by atoms with Gasteiger partial charge in [-0.25, -0.2) is 0 Å². The highest BCUT2D eigenvalue weighted by Crippen LogP contribution is 2.61. The standard InChI is InChI=1S/C20H20O4/c1-2-22-20(21)19-17(13-6-4-3-5-7-13)18(19)14-8-9-15-16(12-14)24-11-10-23-15/h3-9,12,17-19H,2,10-11H2,1H3/t17-,18-,19-/m1/s1. The molecule has 0 aromatic heterocycles. The van der Waals surface area contributed by atoms with Crippen LogP contribution in [0.5, 0.6) is 11.5 Å². The lowest BCUT2D eigenvalue weighted by Gasteiger charge is -2.19. The summed E-state index contributed by atoms with van der Waals surface area (Å²) < 4.78 is 16.6. The highest BCUT2D eigenvalue weighted by Gasteiger charge is 2.57. The van der Waals surface area contributed by atoms with Crippen LogP contribution in [0.1, 0.15) is 29.9 Å². The molecule has 2 aromatic rings. The Morgan fingerprint density at radius 2 is 1.71 bits per heavy atom. The maximum atomic E-state index is 12.4. The van der Waals surface area contributed by atoms with Crippen LogP contribution in [0.4, 0.5) is 0 Å². The molecule has 0 N–H and O–H groups in total. The summed E-state index contributed by atoms with van der Waals surface area (Å²) in [4.78, 5) is 12.4. The molecular weight excluding hydrogens is 304 g/mol. The third-order valence-electron chi connectivity index (χ3n) is 4.71. The van der Waals surface area contributed by atoms with Gasteiger partial charge < -0.3 is 14.2 Å². The lowest BCUT2D eigenvalue weighted by molar-refractivity contribution is -0.144. The smallest absolute Gasteiger partial charge is 0.310 e. The van der Waals surface area contributed by atoms with Crippen LogP contribution in [-0.2, 0) is 9.53 Å². The summed E-state index contributed by atoms with van der Waals surface area (Å²) in [6.45, 7) is 3.39. The van der Waals surface area contributed by atoms with E-state index in [0.29, 0.717) is 19.8 Å². The first-order valence-electron chi connectivity index (χ1n) is 8.40. The summed E-state index contributed by atoms with van der Waals surface area (Å²) in [7, 11) is 0. The average Bonchev–Trinajstić information content (AvgIpc) is 3.38. The van der Waals surface area contributed by atoms with E-state index in [9.17, 15) is 4.79 Å². The minimum Gasteiger partial charge on any atom is -0.486 e. The second kappa shape index (κ2) is 6.19. The first-order valence-corrected chi connectivity index (χ1v) is 8.40. The Bertz CT molecular complexity index is 741. The zero-order valence-electron chi connectivity index (χ0n) is 13.6. The molecule has 0 amide bonds. The molecule has 0 spiro atoms. The van der Waals surface area contributed by atoms with Crippen LogP contribution in [0.3, 0.4) is 0 Å². The van der Waals surface area contributed by atoms with Gasteiger partial charge in [0.2, 0.25) is 0 Å². The fraction of sp³-hybridized carbons (Fsp3) is 0.350. The van der Waals surface area contributed by atoms with Gasteiger partial charge in [0.05, 0.1) is 12.5 Å². The van der Waals surface area contributed by atoms with Gasteiger partial charge in [-0.1, -0.05) is 36.4 Å². The molecule has 24 heavy (non-hydrogen) atoms. The minimum absolute atomic E-state index is 0.119. The van der Waals surface area contributed by atoms with Gasteiger partial charge in [-0.05, 0) is 30.2 Å². The molecule has 4 rings (SSSR count). The number of fused-ring (bicyclic) bond motifs is 1. The predicted molar refractivity (Wildman–Crippen MR) is 89.5 cm³/mol. The summed E-state index contributed by atoms with van der Waals surface area (Å²) >= 11 is 0. The normalized spacial score (nSPS) is 24.3. The number of carbonyl (C=O) groups excluding carboxylic acids is 1. The zero-order valence-corrected chi connectivity index (χ0v) is 13.6. The van der Waals surface area contributed by atoms with E-state index in [-0.39, 0.29) is 23.7 Å². The van der Waals surface area contributed by atoms with Crippen LogP contribution in [0, 0.1) is 5.92 Å².